The summed E-state index contributed by atoms with van der Waals surface area (Å²) in [6, 6.07) is 3.52. The molecule has 172 valence electrons. The standard InChI is InChI=1S/C25H28FN5O2/c1-9-16(24(26)29-14(3)4)17-11-18-19(12-22(17)33-8)28-13-21-23(18)31(25(32)30(21)7)20(10-2)15(5)27-6/h9-13H,3H2,1-2,4-8H3/b16-9-,20-10+,27-15-,29-24+. The van der Waals surface area contributed by atoms with Crippen molar-refractivity contribution in [1.82, 2.24) is 14.1 Å². The smallest absolute Gasteiger partial charge is 0.333 e. The van der Waals surface area contributed by atoms with Crippen molar-refractivity contribution in [1.29, 1.82) is 0 Å². The van der Waals surface area contributed by atoms with E-state index in [1.165, 1.54) is 11.7 Å². The van der Waals surface area contributed by atoms with Gasteiger partial charge in [0.2, 0.25) is 5.97 Å². The van der Waals surface area contributed by atoms with E-state index < -0.39 is 5.97 Å². The third-order valence-corrected chi connectivity index (χ3v) is 5.52. The molecule has 0 unspecified atom stereocenters. The lowest BCUT2D eigenvalue weighted by Gasteiger charge is -2.14. The number of fused-ring (bicyclic) bond motifs is 3. The van der Waals surface area contributed by atoms with Crippen LogP contribution in [-0.2, 0) is 7.05 Å². The molecule has 3 aromatic rings. The summed E-state index contributed by atoms with van der Waals surface area (Å²) in [6.45, 7) is 10.7. The Hall–Kier alpha value is -3.81. The van der Waals surface area contributed by atoms with Crippen LogP contribution in [0, 0.1) is 0 Å². The van der Waals surface area contributed by atoms with Gasteiger partial charge in [-0.05, 0) is 33.8 Å². The van der Waals surface area contributed by atoms with Crippen LogP contribution in [0.15, 0.2) is 57.5 Å². The van der Waals surface area contributed by atoms with Crippen molar-refractivity contribution in [2.24, 2.45) is 17.0 Å². The Kier molecular flexibility index (Phi) is 6.76. The first-order chi connectivity index (χ1) is 15.7. The molecule has 0 spiro atoms. The fourth-order valence-electron chi connectivity index (χ4n) is 3.86. The summed E-state index contributed by atoms with van der Waals surface area (Å²) in [7, 11) is 4.89. The molecule has 0 aliphatic rings. The van der Waals surface area contributed by atoms with Gasteiger partial charge in [0.1, 0.15) is 5.75 Å². The average molecular weight is 450 g/mol. The van der Waals surface area contributed by atoms with E-state index in [9.17, 15) is 9.18 Å². The van der Waals surface area contributed by atoms with Gasteiger partial charge in [0.05, 0.1) is 41.3 Å². The zero-order chi connectivity index (χ0) is 24.4. The molecule has 0 saturated carbocycles. The van der Waals surface area contributed by atoms with Crippen LogP contribution in [0.25, 0.3) is 33.2 Å². The molecule has 8 heteroatoms. The van der Waals surface area contributed by atoms with Crippen LogP contribution in [-0.4, -0.2) is 40.0 Å². The lowest BCUT2D eigenvalue weighted by molar-refractivity contribution is 0.414. The predicted molar refractivity (Wildman–Crippen MR) is 135 cm³/mol. The first-order valence-corrected chi connectivity index (χ1v) is 10.4. The lowest BCUT2D eigenvalue weighted by Crippen LogP contribution is -2.24. The van der Waals surface area contributed by atoms with Crippen LogP contribution in [0.3, 0.4) is 0 Å². The Morgan fingerprint density at radius 3 is 2.48 bits per heavy atom. The number of aryl methyl sites for hydroxylation is 1. The zero-order valence-corrected chi connectivity index (χ0v) is 20.0. The Morgan fingerprint density at radius 2 is 1.94 bits per heavy atom. The highest BCUT2D eigenvalue weighted by molar-refractivity contribution is 6.22. The first-order valence-electron chi connectivity index (χ1n) is 10.4. The quantitative estimate of drug-likeness (QED) is 0.488. The number of methoxy groups -OCH3 is 1. The number of benzene rings is 1. The van der Waals surface area contributed by atoms with Crippen molar-refractivity contribution in [3.05, 3.63) is 58.8 Å². The number of imidazole rings is 1. The fourth-order valence-corrected chi connectivity index (χ4v) is 3.86. The SMILES string of the molecule is C=C(C)/N=C(F)\C(=C/C)c1cc2c(cc1OC)ncc1c2n(C(=C/C)/C(C)=N\C)c(=O)n1C. The van der Waals surface area contributed by atoms with E-state index in [4.69, 9.17) is 4.74 Å². The van der Waals surface area contributed by atoms with E-state index in [0.717, 1.165) is 0 Å². The molecule has 0 aliphatic carbocycles. The van der Waals surface area contributed by atoms with Gasteiger partial charge in [0.25, 0.3) is 0 Å². The maximum Gasteiger partial charge on any atom is 0.333 e. The second kappa shape index (κ2) is 9.36. The minimum Gasteiger partial charge on any atom is -0.496 e. The zero-order valence-electron chi connectivity index (χ0n) is 20.0. The van der Waals surface area contributed by atoms with E-state index in [2.05, 4.69) is 21.5 Å². The maximum atomic E-state index is 15.0. The van der Waals surface area contributed by atoms with Crippen LogP contribution in [0.5, 0.6) is 5.75 Å². The summed E-state index contributed by atoms with van der Waals surface area (Å²) in [5.74, 6) is -0.228. The molecule has 0 fully saturated rings. The van der Waals surface area contributed by atoms with Gasteiger partial charge >= 0.3 is 5.69 Å². The first kappa shape index (κ1) is 23.8. The summed E-state index contributed by atoms with van der Waals surface area (Å²) in [5.41, 5.74) is 4.15. The summed E-state index contributed by atoms with van der Waals surface area (Å²) in [4.78, 5) is 26.0. The number of ether oxygens (including phenoxy) is 1. The number of pyridine rings is 1. The molecule has 33 heavy (non-hydrogen) atoms. The Morgan fingerprint density at radius 1 is 1.24 bits per heavy atom. The number of allylic oxidation sites excluding steroid dienone is 5. The van der Waals surface area contributed by atoms with Crippen LogP contribution >= 0.6 is 0 Å². The van der Waals surface area contributed by atoms with Crippen LogP contribution in [0.4, 0.5) is 4.39 Å². The number of hydrogen-bond acceptors (Lipinski definition) is 5. The topological polar surface area (TPSA) is 73.8 Å². The second-order valence-corrected chi connectivity index (χ2v) is 7.56. The largest absolute Gasteiger partial charge is 0.496 e. The second-order valence-electron chi connectivity index (χ2n) is 7.56. The molecule has 2 heterocycles. The molecular formula is C25H28FN5O2. The van der Waals surface area contributed by atoms with E-state index in [0.29, 0.717) is 50.4 Å². The molecular weight excluding hydrogens is 421 g/mol. The van der Waals surface area contributed by atoms with Crippen molar-refractivity contribution in [2.45, 2.75) is 27.7 Å². The van der Waals surface area contributed by atoms with Crippen molar-refractivity contribution in [3.63, 3.8) is 0 Å². The van der Waals surface area contributed by atoms with Gasteiger partial charge in [0.15, 0.2) is 0 Å². The van der Waals surface area contributed by atoms with Gasteiger partial charge in [-0.15, -0.1) is 0 Å². The van der Waals surface area contributed by atoms with Crippen LogP contribution in [0.1, 0.15) is 33.3 Å². The van der Waals surface area contributed by atoms with Gasteiger partial charge in [-0.2, -0.15) is 4.39 Å². The third kappa shape index (κ3) is 4.04. The summed E-state index contributed by atoms with van der Waals surface area (Å²) < 4.78 is 23.7. The van der Waals surface area contributed by atoms with Gasteiger partial charge in [-0.25, -0.2) is 9.79 Å². The van der Waals surface area contributed by atoms with E-state index in [1.54, 1.807) is 56.9 Å². The molecule has 3 rings (SSSR count). The summed E-state index contributed by atoms with van der Waals surface area (Å²) in [5, 5.41) is 0.673. The van der Waals surface area contributed by atoms with E-state index >= 15 is 0 Å². The number of aromatic nitrogens is 3. The highest BCUT2D eigenvalue weighted by Gasteiger charge is 2.22. The third-order valence-electron chi connectivity index (χ3n) is 5.52. The molecule has 0 radical (unpaired) electrons. The molecule has 7 nitrogen and oxygen atoms in total. The monoisotopic (exact) mass is 449 g/mol. The highest BCUT2D eigenvalue weighted by Crippen LogP contribution is 2.35. The number of aliphatic imine (C=N–C) groups is 2. The molecule has 1 aromatic carbocycles. The van der Waals surface area contributed by atoms with Crippen molar-refractivity contribution < 1.29 is 9.13 Å². The average Bonchev–Trinajstić information content (AvgIpc) is 3.04. The van der Waals surface area contributed by atoms with Gasteiger partial charge in [-0.3, -0.25) is 19.1 Å². The Labute approximate surface area is 191 Å². The number of hydrogen-bond donors (Lipinski definition) is 0. The van der Waals surface area contributed by atoms with Gasteiger partial charge < -0.3 is 4.74 Å². The number of halogens is 1. The molecule has 0 amide bonds. The van der Waals surface area contributed by atoms with Crippen molar-refractivity contribution in [2.75, 3.05) is 14.2 Å². The van der Waals surface area contributed by atoms with Crippen LogP contribution < -0.4 is 10.4 Å². The minimum absolute atomic E-state index is 0.228. The van der Waals surface area contributed by atoms with Crippen LogP contribution in [0.2, 0.25) is 0 Å². The summed E-state index contributed by atoms with van der Waals surface area (Å²) >= 11 is 0. The predicted octanol–water partition coefficient (Wildman–Crippen LogP) is 5.15. The lowest BCUT2D eigenvalue weighted by atomic mass is 10.0. The maximum absolute atomic E-state index is 15.0. The van der Waals surface area contributed by atoms with Gasteiger partial charge in [0, 0.05) is 42.4 Å². The summed E-state index contributed by atoms with van der Waals surface area (Å²) in [6.07, 6.45) is 5.12. The Balaban J connectivity index is 2.53. The Bertz CT molecular complexity index is 1450. The van der Waals surface area contributed by atoms with E-state index in [1.807, 2.05) is 19.9 Å². The fraction of sp³-hybridized carbons (Fsp3) is 0.280. The minimum atomic E-state index is -0.670. The molecule has 0 bridgehead atoms. The molecule has 0 atom stereocenters. The molecule has 0 N–H and O–H groups in total. The number of rotatable bonds is 6. The highest BCUT2D eigenvalue weighted by atomic mass is 19.1. The number of nitrogens with zero attached hydrogens (tertiary/aromatic N) is 5. The normalized spacial score (nSPS) is 13.8. The molecule has 0 saturated heterocycles. The molecule has 2 aromatic heterocycles. The van der Waals surface area contributed by atoms with Gasteiger partial charge in [-0.1, -0.05) is 18.7 Å². The van der Waals surface area contributed by atoms with E-state index in [-0.39, 0.29) is 11.3 Å². The van der Waals surface area contributed by atoms with Crippen molar-refractivity contribution >= 4 is 44.9 Å². The van der Waals surface area contributed by atoms with Crippen molar-refractivity contribution in [3.8, 4) is 5.75 Å². The molecule has 0 aliphatic heterocycles.